The molecule has 1 atom stereocenters. The molecule has 0 N–H and O–H groups in total. The fourth-order valence-corrected chi connectivity index (χ4v) is 4.16. The molecule has 0 bridgehead atoms. The van der Waals surface area contributed by atoms with E-state index in [0.717, 1.165) is 4.48 Å². The lowest BCUT2D eigenvalue weighted by molar-refractivity contribution is -0.384. The normalized spacial score (nSPS) is 18.3. The highest BCUT2D eigenvalue weighted by atomic mass is 79.9. The van der Waals surface area contributed by atoms with Crippen LogP contribution in [0, 0.1) is 21.8 Å². The Morgan fingerprint density at radius 3 is 2.56 bits per heavy atom. The first kappa shape index (κ1) is 21.7. The largest absolute Gasteiger partial charge is 0.294 e. The average Bonchev–Trinajstić information content (AvgIpc) is 2.77. The first-order valence-electron chi connectivity index (χ1n) is 9.78. The van der Waals surface area contributed by atoms with Crippen LogP contribution in [0.15, 0.2) is 75.7 Å². The third-order valence-corrected chi connectivity index (χ3v) is 5.90. The summed E-state index contributed by atoms with van der Waals surface area (Å²) in [6.07, 6.45) is 5.66. The number of nitrogens with zero attached hydrogens (tertiary/aromatic N) is 2. The molecule has 2 aliphatic rings. The highest BCUT2D eigenvalue weighted by Gasteiger charge is 2.38. The van der Waals surface area contributed by atoms with Gasteiger partial charge >= 0.3 is 0 Å². The van der Waals surface area contributed by atoms with E-state index in [0.29, 0.717) is 35.3 Å². The predicted molar refractivity (Wildman–Crippen MR) is 123 cm³/mol. The molecule has 1 unspecified atom stereocenters. The number of carbonyl (C=O) groups is 2. The Morgan fingerprint density at radius 2 is 1.88 bits per heavy atom. The molecule has 1 aliphatic heterocycles. The predicted octanol–water partition coefficient (Wildman–Crippen LogP) is 5.44. The molecule has 2 aromatic rings. The summed E-state index contributed by atoms with van der Waals surface area (Å²) in [5.74, 6) is -2.99. The number of amides is 1. The van der Waals surface area contributed by atoms with Gasteiger partial charge in [0.15, 0.2) is 5.78 Å². The number of fused-ring (bicyclic) bond motifs is 1. The Morgan fingerprint density at radius 1 is 1.16 bits per heavy atom. The van der Waals surface area contributed by atoms with Crippen LogP contribution in [0.1, 0.15) is 24.0 Å². The van der Waals surface area contributed by atoms with Gasteiger partial charge in [0.1, 0.15) is 11.7 Å². The van der Waals surface area contributed by atoms with Gasteiger partial charge < -0.3 is 0 Å². The summed E-state index contributed by atoms with van der Waals surface area (Å²) < 4.78 is 15.6. The number of halogens is 2. The summed E-state index contributed by atoms with van der Waals surface area (Å²) in [6, 6.07) is 11.7. The molecule has 160 valence electrons. The van der Waals surface area contributed by atoms with Crippen molar-refractivity contribution < 1.29 is 18.9 Å². The lowest BCUT2D eigenvalue weighted by Crippen LogP contribution is -2.31. The molecule has 0 saturated heterocycles. The van der Waals surface area contributed by atoms with Gasteiger partial charge in [0.25, 0.3) is 11.6 Å². The molecule has 0 radical (unpaired) electrons. The molecule has 0 aromatic heterocycles. The molecule has 0 spiro atoms. The number of rotatable bonds is 5. The van der Waals surface area contributed by atoms with Crippen molar-refractivity contribution >= 4 is 50.7 Å². The second-order valence-corrected chi connectivity index (χ2v) is 8.33. The van der Waals surface area contributed by atoms with Crippen molar-refractivity contribution in [1.82, 2.24) is 0 Å². The molecule has 4 rings (SSSR count). The molecule has 6 nitrogen and oxygen atoms in total. The van der Waals surface area contributed by atoms with Crippen LogP contribution in [-0.2, 0) is 9.59 Å². The second-order valence-electron chi connectivity index (χ2n) is 7.31. The molecular weight excluding hydrogens is 479 g/mol. The van der Waals surface area contributed by atoms with Gasteiger partial charge in [0, 0.05) is 23.3 Å². The van der Waals surface area contributed by atoms with Crippen LogP contribution in [0.3, 0.4) is 0 Å². The van der Waals surface area contributed by atoms with Crippen molar-refractivity contribution in [3.8, 4) is 0 Å². The third kappa shape index (κ3) is 4.27. The molecule has 0 saturated carbocycles. The van der Waals surface area contributed by atoms with Crippen LogP contribution in [0.4, 0.5) is 10.1 Å². The van der Waals surface area contributed by atoms with Gasteiger partial charge in [0.05, 0.1) is 10.6 Å². The highest BCUT2D eigenvalue weighted by molar-refractivity contribution is 9.11. The summed E-state index contributed by atoms with van der Waals surface area (Å²) in [5, 5.41) is 10.8. The Labute approximate surface area is 191 Å². The van der Waals surface area contributed by atoms with Gasteiger partial charge in [-0.25, -0.2) is 9.38 Å². The van der Waals surface area contributed by atoms with Crippen LogP contribution in [0.2, 0.25) is 0 Å². The molecule has 1 aliphatic carbocycles. The Bertz CT molecular complexity index is 1260. The van der Waals surface area contributed by atoms with Crippen LogP contribution in [0.5, 0.6) is 0 Å². The van der Waals surface area contributed by atoms with E-state index in [1.807, 2.05) is 0 Å². The van der Waals surface area contributed by atoms with Gasteiger partial charge in [0.2, 0.25) is 0 Å². The second kappa shape index (κ2) is 8.92. The summed E-state index contributed by atoms with van der Waals surface area (Å²) >= 11 is 3.46. The number of benzene rings is 2. The van der Waals surface area contributed by atoms with Gasteiger partial charge in [-0.1, -0.05) is 40.2 Å². The first-order valence-corrected chi connectivity index (χ1v) is 10.6. The number of aliphatic imine (C=N–C) groups is 1. The minimum absolute atomic E-state index is 0.0703. The Balaban J connectivity index is 1.76. The fraction of sp³-hybridized carbons (Fsp3) is 0.125. The van der Waals surface area contributed by atoms with E-state index in [-0.39, 0.29) is 11.3 Å². The smallest absolute Gasteiger partial charge is 0.269 e. The number of ketones is 1. The SMILES string of the molecule is O=C(/C=C/c1ccc([N+](=O)[O-])cc1)C1C(=O)N=C2CCC(Br)=CC2=C1c1ccccc1F. The van der Waals surface area contributed by atoms with Gasteiger partial charge in [-0.3, -0.25) is 19.7 Å². The summed E-state index contributed by atoms with van der Waals surface area (Å²) in [5.41, 5.74) is 2.09. The quantitative estimate of drug-likeness (QED) is 0.239. The van der Waals surface area contributed by atoms with Crippen molar-refractivity contribution in [2.75, 3.05) is 0 Å². The van der Waals surface area contributed by atoms with E-state index in [9.17, 15) is 24.1 Å². The molecule has 2 aromatic carbocycles. The van der Waals surface area contributed by atoms with Crippen LogP contribution >= 0.6 is 15.9 Å². The van der Waals surface area contributed by atoms with E-state index >= 15 is 0 Å². The molecule has 1 amide bonds. The van der Waals surface area contributed by atoms with E-state index in [1.54, 1.807) is 24.3 Å². The van der Waals surface area contributed by atoms with Gasteiger partial charge in [-0.05, 0) is 58.8 Å². The molecular formula is C24H16BrFN2O4. The van der Waals surface area contributed by atoms with E-state index in [1.165, 1.54) is 42.5 Å². The third-order valence-electron chi connectivity index (χ3n) is 5.28. The average molecular weight is 495 g/mol. The minimum Gasteiger partial charge on any atom is -0.294 e. The Kier molecular flexibility index (Phi) is 6.05. The van der Waals surface area contributed by atoms with Crippen molar-refractivity contribution in [3.63, 3.8) is 0 Å². The van der Waals surface area contributed by atoms with Crippen LogP contribution < -0.4 is 0 Å². The number of carbonyl (C=O) groups excluding carboxylic acids is 2. The number of allylic oxidation sites excluding steroid dienone is 4. The van der Waals surface area contributed by atoms with Crippen molar-refractivity contribution in [1.29, 1.82) is 0 Å². The molecule has 32 heavy (non-hydrogen) atoms. The summed E-state index contributed by atoms with van der Waals surface area (Å²) in [4.78, 5) is 40.4. The van der Waals surface area contributed by atoms with Crippen LogP contribution in [-0.4, -0.2) is 22.3 Å². The van der Waals surface area contributed by atoms with Gasteiger partial charge in [-0.2, -0.15) is 0 Å². The summed E-state index contributed by atoms with van der Waals surface area (Å²) in [7, 11) is 0. The maximum atomic E-state index is 14.7. The minimum atomic E-state index is -1.28. The highest BCUT2D eigenvalue weighted by Crippen LogP contribution is 2.39. The zero-order valence-corrected chi connectivity index (χ0v) is 18.2. The zero-order valence-electron chi connectivity index (χ0n) is 16.6. The number of hydrogen-bond acceptors (Lipinski definition) is 4. The number of nitro groups is 1. The lowest BCUT2D eigenvalue weighted by atomic mass is 9.79. The summed E-state index contributed by atoms with van der Waals surface area (Å²) in [6.45, 7) is 0. The van der Waals surface area contributed by atoms with Gasteiger partial charge in [-0.15, -0.1) is 0 Å². The maximum Gasteiger partial charge on any atom is 0.269 e. The molecule has 0 fully saturated rings. The number of dihydropyridines is 1. The number of nitro benzene ring substituents is 1. The van der Waals surface area contributed by atoms with Crippen LogP contribution in [0.25, 0.3) is 11.6 Å². The maximum absolute atomic E-state index is 14.7. The van der Waals surface area contributed by atoms with E-state index in [4.69, 9.17) is 0 Å². The van der Waals surface area contributed by atoms with E-state index < -0.39 is 28.3 Å². The van der Waals surface area contributed by atoms with Crippen molar-refractivity contribution in [2.24, 2.45) is 10.9 Å². The number of non-ortho nitro benzene ring substituents is 1. The van der Waals surface area contributed by atoms with E-state index in [2.05, 4.69) is 20.9 Å². The lowest BCUT2D eigenvalue weighted by Gasteiger charge is -2.27. The van der Waals surface area contributed by atoms with Crippen molar-refractivity contribution in [3.05, 3.63) is 97.8 Å². The Hall–Kier alpha value is -3.52. The monoisotopic (exact) mass is 494 g/mol. The first-order chi connectivity index (χ1) is 15.3. The fourth-order valence-electron chi connectivity index (χ4n) is 3.74. The standard InChI is InChI=1S/C24H16BrFN2O4/c25-15-8-11-20-18(13-15)22(17-3-1-2-4-19(17)26)23(24(30)27-20)21(29)12-7-14-5-9-16(10-6-14)28(31)32/h1-7,9-10,12-13,23H,8,11H2/b12-7+. The van der Waals surface area contributed by atoms with Crippen molar-refractivity contribution in [2.45, 2.75) is 12.8 Å². The number of hydrogen-bond donors (Lipinski definition) is 0. The topological polar surface area (TPSA) is 89.6 Å². The zero-order chi connectivity index (χ0) is 22.8. The molecule has 1 heterocycles. The molecule has 8 heteroatoms.